The smallest absolute Gasteiger partial charge is 0.120 e. The van der Waals surface area contributed by atoms with Crippen LogP contribution in [0.5, 0.6) is 5.75 Å². The molecule has 1 heterocycles. The third-order valence-electron chi connectivity index (χ3n) is 3.29. The molecule has 0 amide bonds. The summed E-state index contributed by atoms with van der Waals surface area (Å²) in [6, 6.07) is 6.47. The van der Waals surface area contributed by atoms with Crippen molar-refractivity contribution >= 4 is 5.69 Å². The zero-order chi connectivity index (χ0) is 13.2. The number of piperidine rings is 1. The second-order valence-electron chi connectivity index (χ2n) is 6.21. The highest BCUT2D eigenvalue weighted by atomic mass is 16.5. The fraction of sp³-hybridized carbons (Fsp3) is 0.625. The summed E-state index contributed by atoms with van der Waals surface area (Å²) in [7, 11) is 0. The van der Waals surface area contributed by atoms with Crippen LogP contribution in [0.25, 0.3) is 0 Å². The summed E-state index contributed by atoms with van der Waals surface area (Å²) in [5.74, 6) is 0.973. The van der Waals surface area contributed by atoms with Crippen LogP contribution in [0.1, 0.15) is 45.6 Å². The molecule has 1 aliphatic rings. The van der Waals surface area contributed by atoms with Crippen molar-refractivity contribution in [2.45, 2.75) is 52.6 Å². The summed E-state index contributed by atoms with van der Waals surface area (Å²) < 4.78 is 5.91. The average Bonchev–Trinajstić information content (AvgIpc) is 2.28. The van der Waals surface area contributed by atoms with Gasteiger partial charge in [0.1, 0.15) is 11.4 Å². The molecule has 0 aliphatic carbocycles. The van der Waals surface area contributed by atoms with E-state index < -0.39 is 0 Å². The van der Waals surface area contributed by atoms with Crippen LogP contribution >= 0.6 is 0 Å². The van der Waals surface area contributed by atoms with Crippen molar-refractivity contribution < 1.29 is 4.74 Å². The number of anilines is 1. The largest absolute Gasteiger partial charge is 0.488 e. The van der Waals surface area contributed by atoms with Gasteiger partial charge in [-0.25, -0.2) is 0 Å². The quantitative estimate of drug-likeness (QED) is 0.778. The van der Waals surface area contributed by atoms with Crippen LogP contribution in [0.3, 0.4) is 0 Å². The fourth-order valence-corrected chi connectivity index (χ4v) is 2.53. The van der Waals surface area contributed by atoms with Crippen LogP contribution in [-0.4, -0.2) is 18.7 Å². The number of hydrogen-bond donors (Lipinski definition) is 0. The van der Waals surface area contributed by atoms with Crippen LogP contribution in [0.15, 0.2) is 18.2 Å². The molecule has 0 N–H and O–H groups in total. The Morgan fingerprint density at radius 1 is 1.06 bits per heavy atom. The molecule has 0 spiro atoms. The zero-order valence-electron chi connectivity index (χ0n) is 12.1. The first-order chi connectivity index (χ1) is 8.46. The third-order valence-corrected chi connectivity index (χ3v) is 3.29. The van der Waals surface area contributed by atoms with E-state index in [-0.39, 0.29) is 5.60 Å². The molecule has 18 heavy (non-hydrogen) atoms. The first-order valence-corrected chi connectivity index (χ1v) is 7.00. The molecule has 1 saturated heterocycles. The Balaban J connectivity index is 2.14. The summed E-state index contributed by atoms with van der Waals surface area (Å²) in [6.45, 7) is 10.8. The van der Waals surface area contributed by atoms with Crippen LogP contribution in [0.4, 0.5) is 5.69 Å². The minimum Gasteiger partial charge on any atom is -0.488 e. The highest BCUT2D eigenvalue weighted by Gasteiger charge is 2.15. The topological polar surface area (TPSA) is 12.5 Å². The van der Waals surface area contributed by atoms with Gasteiger partial charge in [0, 0.05) is 18.8 Å². The van der Waals surface area contributed by atoms with Crippen molar-refractivity contribution in [3.05, 3.63) is 23.8 Å². The van der Waals surface area contributed by atoms with E-state index in [1.807, 2.05) is 0 Å². The highest BCUT2D eigenvalue weighted by molar-refractivity contribution is 5.56. The van der Waals surface area contributed by atoms with Gasteiger partial charge in [0.2, 0.25) is 0 Å². The Kier molecular flexibility index (Phi) is 3.84. The van der Waals surface area contributed by atoms with E-state index in [0.717, 1.165) is 5.75 Å². The Labute approximate surface area is 111 Å². The molecule has 1 aromatic rings. The van der Waals surface area contributed by atoms with Crippen LogP contribution in [0, 0.1) is 6.92 Å². The first kappa shape index (κ1) is 13.3. The predicted octanol–water partition coefficient (Wildman–Crippen LogP) is 4.16. The molecule has 2 heteroatoms. The Bertz CT molecular complexity index is 400. The molecule has 0 aromatic heterocycles. The maximum absolute atomic E-state index is 5.91. The van der Waals surface area contributed by atoms with Gasteiger partial charge >= 0.3 is 0 Å². The van der Waals surface area contributed by atoms with Gasteiger partial charge in [0.05, 0.1) is 0 Å². The van der Waals surface area contributed by atoms with Crippen molar-refractivity contribution in [1.29, 1.82) is 0 Å². The number of nitrogens with zero attached hydrogens (tertiary/aromatic N) is 1. The molecule has 0 bridgehead atoms. The van der Waals surface area contributed by atoms with Crippen molar-refractivity contribution in [2.75, 3.05) is 18.0 Å². The van der Waals surface area contributed by atoms with E-state index in [2.05, 4.69) is 50.8 Å². The van der Waals surface area contributed by atoms with Gasteiger partial charge in [-0.05, 0) is 70.7 Å². The molecule has 0 radical (unpaired) electrons. The number of benzene rings is 1. The monoisotopic (exact) mass is 247 g/mol. The lowest BCUT2D eigenvalue weighted by Crippen LogP contribution is -2.30. The second-order valence-corrected chi connectivity index (χ2v) is 6.21. The van der Waals surface area contributed by atoms with E-state index in [0.29, 0.717) is 0 Å². The minimum absolute atomic E-state index is 0.126. The van der Waals surface area contributed by atoms with E-state index in [9.17, 15) is 0 Å². The van der Waals surface area contributed by atoms with Gasteiger partial charge in [-0.15, -0.1) is 0 Å². The lowest BCUT2D eigenvalue weighted by molar-refractivity contribution is 0.131. The Morgan fingerprint density at radius 3 is 2.28 bits per heavy atom. The predicted molar refractivity (Wildman–Crippen MR) is 77.6 cm³/mol. The van der Waals surface area contributed by atoms with Gasteiger partial charge in [-0.1, -0.05) is 0 Å². The summed E-state index contributed by atoms with van der Waals surface area (Å²) in [4.78, 5) is 2.50. The maximum atomic E-state index is 5.91. The summed E-state index contributed by atoms with van der Waals surface area (Å²) >= 11 is 0. The van der Waals surface area contributed by atoms with Crippen LogP contribution in [-0.2, 0) is 0 Å². The minimum atomic E-state index is -0.126. The van der Waals surface area contributed by atoms with E-state index in [1.165, 1.54) is 43.6 Å². The average molecular weight is 247 g/mol. The van der Waals surface area contributed by atoms with Crippen molar-refractivity contribution in [3.8, 4) is 5.75 Å². The fourth-order valence-electron chi connectivity index (χ4n) is 2.53. The van der Waals surface area contributed by atoms with Crippen molar-refractivity contribution in [2.24, 2.45) is 0 Å². The SMILES string of the molecule is Cc1cc(OC(C)(C)C)ccc1N1CCCCC1. The van der Waals surface area contributed by atoms with Crippen LogP contribution < -0.4 is 9.64 Å². The summed E-state index contributed by atoms with van der Waals surface area (Å²) in [5.41, 5.74) is 2.56. The van der Waals surface area contributed by atoms with E-state index in [4.69, 9.17) is 4.74 Å². The molecular formula is C16H25NO. The molecule has 100 valence electrons. The molecule has 0 atom stereocenters. The normalized spacial score (nSPS) is 16.8. The van der Waals surface area contributed by atoms with Gasteiger partial charge in [0.15, 0.2) is 0 Å². The third kappa shape index (κ3) is 3.41. The van der Waals surface area contributed by atoms with Gasteiger partial charge in [0.25, 0.3) is 0 Å². The molecule has 2 rings (SSSR count). The number of ether oxygens (including phenoxy) is 1. The number of rotatable bonds is 2. The van der Waals surface area contributed by atoms with Gasteiger partial charge in [-0.3, -0.25) is 0 Å². The first-order valence-electron chi connectivity index (χ1n) is 7.00. The molecule has 0 saturated carbocycles. The molecule has 1 fully saturated rings. The van der Waals surface area contributed by atoms with Gasteiger partial charge in [-0.2, -0.15) is 0 Å². The molecular weight excluding hydrogens is 222 g/mol. The van der Waals surface area contributed by atoms with E-state index >= 15 is 0 Å². The summed E-state index contributed by atoms with van der Waals surface area (Å²) in [6.07, 6.45) is 4.01. The zero-order valence-corrected chi connectivity index (χ0v) is 12.1. The number of aryl methyl sites for hydroxylation is 1. The molecule has 1 aromatic carbocycles. The highest BCUT2D eigenvalue weighted by Crippen LogP contribution is 2.28. The second kappa shape index (κ2) is 5.21. The summed E-state index contributed by atoms with van der Waals surface area (Å²) in [5, 5.41) is 0. The van der Waals surface area contributed by atoms with E-state index in [1.54, 1.807) is 0 Å². The van der Waals surface area contributed by atoms with Gasteiger partial charge < -0.3 is 9.64 Å². The lowest BCUT2D eigenvalue weighted by Gasteiger charge is -2.30. The number of hydrogen-bond acceptors (Lipinski definition) is 2. The lowest BCUT2D eigenvalue weighted by atomic mass is 10.1. The Morgan fingerprint density at radius 2 is 1.72 bits per heavy atom. The van der Waals surface area contributed by atoms with Crippen LogP contribution in [0.2, 0.25) is 0 Å². The van der Waals surface area contributed by atoms with Crippen molar-refractivity contribution in [3.63, 3.8) is 0 Å². The maximum Gasteiger partial charge on any atom is 0.120 e. The van der Waals surface area contributed by atoms with Crippen molar-refractivity contribution in [1.82, 2.24) is 0 Å². The molecule has 1 aliphatic heterocycles. The Hall–Kier alpha value is -1.18. The standard InChI is InChI=1S/C16H25NO/c1-13-12-14(18-16(2,3)4)8-9-15(13)17-10-6-5-7-11-17/h8-9,12H,5-7,10-11H2,1-4H3. The molecule has 2 nitrogen and oxygen atoms in total. The molecule has 0 unspecified atom stereocenters.